The molecule has 1 aromatic rings. The number of rotatable bonds is 4. The highest BCUT2D eigenvalue weighted by atomic mass is 16.5. The van der Waals surface area contributed by atoms with Gasteiger partial charge in [-0.3, -0.25) is 0 Å². The number of nitrogens with two attached hydrogens (primary N) is 1. The van der Waals surface area contributed by atoms with Crippen LogP contribution in [0.5, 0.6) is 11.5 Å². The third-order valence-corrected chi connectivity index (χ3v) is 3.12. The third-order valence-electron chi connectivity index (χ3n) is 3.12. The summed E-state index contributed by atoms with van der Waals surface area (Å²) in [6.07, 6.45) is 2.34. The topological polar surface area (TPSA) is 56.5 Å². The molecule has 1 aliphatic rings. The fourth-order valence-electron chi connectivity index (χ4n) is 2.06. The molecule has 0 unspecified atom stereocenters. The van der Waals surface area contributed by atoms with Crippen LogP contribution in [0.2, 0.25) is 0 Å². The maximum absolute atomic E-state index is 5.82. The molecule has 0 aromatic heterocycles. The lowest BCUT2D eigenvalue weighted by Gasteiger charge is -2.23. The van der Waals surface area contributed by atoms with Gasteiger partial charge >= 0.3 is 0 Å². The van der Waals surface area contributed by atoms with Crippen LogP contribution in [-0.4, -0.2) is 26.8 Å². The zero-order valence-electron chi connectivity index (χ0n) is 14.2. The minimum absolute atomic E-state index is 0.627. The summed E-state index contributed by atoms with van der Waals surface area (Å²) in [5, 5.41) is 3.34. The van der Waals surface area contributed by atoms with Crippen LogP contribution in [0.4, 0.5) is 5.69 Å². The highest BCUT2D eigenvalue weighted by Crippen LogP contribution is 2.29. The second-order valence-corrected chi connectivity index (χ2v) is 4.41. The predicted molar refractivity (Wildman–Crippen MR) is 91.2 cm³/mol. The van der Waals surface area contributed by atoms with Crippen molar-refractivity contribution in [2.45, 2.75) is 40.5 Å². The standard InChI is InChI=1S/C13H20N2O2.2C2H6/c1-16-12-3-2-11(14)8-13(12)17-9-10-4-6-15-7-5-10;2*1-2/h2-3,8,10,15H,4-7,9,14H2,1H3;2*1-2H3. The van der Waals surface area contributed by atoms with Crippen molar-refractivity contribution in [2.24, 2.45) is 5.92 Å². The van der Waals surface area contributed by atoms with Gasteiger partial charge in [0.1, 0.15) is 0 Å². The van der Waals surface area contributed by atoms with E-state index >= 15 is 0 Å². The normalized spacial score (nSPS) is 14.1. The fraction of sp³-hybridized carbons (Fsp3) is 0.647. The number of nitrogen functional groups attached to an aromatic ring is 1. The Labute approximate surface area is 130 Å². The summed E-state index contributed by atoms with van der Waals surface area (Å²) < 4.78 is 11.1. The first-order chi connectivity index (χ1) is 10.3. The molecule has 0 aliphatic carbocycles. The second-order valence-electron chi connectivity index (χ2n) is 4.41. The van der Waals surface area contributed by atoms with Crippen LogP contribution in [0.25, 0.3) is 0 Å². The number of anilines is 1. The average Bonchev–Trinajstić information content (AvgIpc) is 2.58. The van der Waals surface area contributed by atoms with E-state index in [0.717, 1.165) is 31.2 Å². The maximum Gasteiger partial charge on any atom is 0.163 e. The molecule has 1 fully saturated rings. The van der Waals surface area contributed by atoms with E-state index in [2.05, 4.69) is 5.32 Å². The van der Waals surface area contributed by atoms with E-state index in [4.69, 9.17) is 15.2 Å². The molecule has 4 heteroatoms. The summed E-state index contributed by atoms with van der Waals surface area (Å²) in [7, 11) is 1.64. The SMILES string of the molecule is CC.CC.COc1ccc(N)cc1OCC1CCNCC1. The minimum Gasteiger partial charge on any atom is -0.493 e. The van der Waals surface area contributed by atoms with Gasteiger partial charge in [-0.05, 0) is 44.0 Å². The van der Waals surface area contributed by atoms with Crippen LogP contribution in [0.1, 0.15) is 40.5 Å². The smallest absolute Gasteiger partial charge is 0.163 e. The molecule has 0 bridgehead atoms. The van der Waals surface area contributed by atoms with Crippen molar-refractivity contribution in [3.63, 3.8) is 0 Å². The van der Waals surface area contributed by atoms with Gasteiger partial charge in [0.05, 0.1) is 13.7 Å². The first-order valence-electron chi connectivity index (χ1n) is 8.06. The monoisotopic (exact) mass is 296 g/mol. The van der Waals surface area contributed by atoms with E-state index in [1.54, 1.807) is 7.11 Å². The van der Waals surface area contributed by atoms with Gasteiger partial charge in [0.25, 0.3) is 0 Å². The number of piperidine rings is 1. The quantitative estimate of drug-likeness (QED) is 0.832. The molecule has 0 amide bonds. The van der Waals surface area contributed by atoms with Crippen LogP contribution in [0.15, 0.2) is 18.2 Å². The zero-order chi connectivity index (χ0) is 16.1. The van der Waals surface area contributed by atoms with E-state index in [-0.39, 0.29) is 0 Å². The van der Waals surface area contributed by atoms with Crippen LogP contribution in [0.3, 0.4) is 0 Å². The Morgan fingerprint density at radius 3 is 2.29 bits per heavy atom. The lowest BCUT2D eigenvalue weighted by molar-refractivity contribution is 0.208. The maximum atomic E-state index is 5.82. The van der Waals surface area contributed by atoms with Crippen LogP contribution in [0, 0.1) is 5.92 Å². The van der Waals surface area contributed by atoms with Gasteiger partial charge in [-0.25, -0.2) is 0 Å². The predicted octanol–water partition coefficient (Wildman–Crippen LogP) is 3.71. The van der Waals surface area contributed by atoms with Crippen molar-refractivity contribution in [1.29, 1.82) is 0 Å². The first kappa shape index (κ1) is 19.6. The van der Waals surface area contributed by atoms with Crippen LogP contribution in [-0.2, 0) is 0 Å². The van der Waals surface area contributed by atoms with Crippen molar-refractivity contribution >= 4 is 5.69 Å². The number of ether oxygens (including phenoxy) is 2. The summed E-state index contributed by atoms with van der Waals surface area (Å²) in [6, 6.07) is 5.48. The number of nitrogens with one attached hydrogen (secondary N) is 1. The number of hydrogen-bond donors (Lipinski definition) is 2. The van der Waals surface area contributed by atoms with Gasteiger partial charge < -0.3 is 20.5 Å². The lowest BCUT2D eigenvalue weighted by Crippen LogP contribution is -2.30. The van der Waals surface area contributed by atoms with Crippen LogP contribution < -0.4 is 20.5 Å². The largest absolute Gasteiger partial charge is 0.493 e. The molecule has 1 aliphatic heterocycles. The molecule has 0 atom stereocenters. The number of benzene rings is 1. The van der Waals surface area contributed by atoms with E-state index in [0.29, 0.717) is 11.6 Å². The van der Waals surface area contributed by atoms with E-state index in [9.17, 15) is 0 Å². The molecule has 0 radical (unpaired) electrons. The Morgan fingerprint density at radius 1 is 1.10 bits per heavy atom. The summed E-state index contributed by atoms with van der Waals surface area (Å²) in [4.78, 5) is 0. The van der Waals surface area contributed by atoms with Gasteiger partial charge in [-0.2, -0.15) is 0 Å². The van der Waals surface area contributed by atoms with Gasteiger partial charge in [-0.1, -0.05) is 27.7 Å². The zero-order valence-corrected chi connectivity index (χ0v) is 14.2. The Bertz CT molecular complexity index is 364. The van der Waals surface area contributed by atoms with Crippen molar-refractivity contribution in [3.05, 3.63) is 18.2 Å². The number of methoxy groups -OCH3 is 1. The second kappa shape index (κ2) is 12.3. The molecule has 0 spiro atoms. The molecule has 4 nitrogen and oxygen atoms in total. The van der Waals surface area contributed by atoms with Crippen molar-refractivity contribution in [2.75, 3.05) is 32.5 Å². The molecule has 1 aromatic carbocycles. The number of hydrogen-bond acceptors (Lipinski definition) is 4. The molecule has 1 heterocycles. The highest BCUT2D eigenvalue weighted by Gasteiger charge is 2.14. The van der Waals surface area contributed by atoms with E-state index in [1.165, 1.54) is 12.8 Å². The molecule has 2 rings (SSSR count). The van der Waals surface area contributed by atoms with Gasteiger partial charge in [0, 0.05) is 11.8 Å². The minimum atomic E-state index is 0.627. The van der Waals surface area contributed by atoms with E-state index in [1.807, 2.05) is 45.9 Å². The lowest BCUT2D eigenvalue weighted by atomic mass is 9.99. The van der Waals surface area contributed by atoms with Crippen molar-refractivity contribution < 1.29 is 9.47 Å². The Kier molecular flexibility index (Phi) is 11.5. The molecule has 3 N–H and O–H groups in total. The van der Waals surface area contributed by atoms with Gasteiger partial charge in [0.2, 0.25) is 0 Å². The first-order valence-corrected chi connectivity index (χ1v) is 8.06. The summed E-state index contributed by atoms with van der Waals surface area (Å²) in [5.41, 5.74) is 6.45. The molecular formula is C17H32N2O2. The van der Waals surface area contributed by atoms with Gasteiger partial charge in [-0.15, -0.1) is 0 Å². The average molecular weight is 296 g/mol. The van der Waals surface area contributed by atoms with E-state index < -0.39 is 0 Å². The molecular weight excluding hydrogens is 264 g/mol. The fourth-order valence-corrected chi connectivity index (χ4v) is 2.06. The molecule has 1 saturated heterocycles. The Balaban J connectivity index is 0.000000921. The van der Waals surface area contributed by atoms with Crippen LogP contribution >= 0.6 is 0 Å². The molecule has 21 heavy (non-hydrogen) atoms. The third kappa shape index (κ3) is 7.23. The van der Waals surface area contributed by atoms with Crippen molar-refractivity contribution in [3.8, 4) is 11.5 Å². The molecule has 122 valence electrons. The summed E-state index contributed by atoms with van der Waals surface area (Å²) in [6.45, 7) is 10.9. The molecule has 0 saturated carbocycles. The summed E-state index contributed by atoms with van der Waals surface area (Å²) >= 11 is 0. The Hall–Kier alpha value is -1.42. The van der Waals surface area contributed by atoms with Gasteiger partial charge in [0.15, 0.2) is 11.5 Å². The Morgan fingerprint density at radius 2 is 1.71 bits per heavy atom. The summed E-state index contributed by atoms with van der Waals surface area (Å²) in [5.74, 6) is 2.11. The van der Waals surface area contributed by atoms with Crippen molar-refractivity contribution in [1.82, 2.24) is 5.32 Å². The highest BCUT2D eigenvalue weighted by molar-refractivity contribution is 5.51.